The SMILES string of the molecule is CCCCCC[Te]C[C@]12CC[C@H](C[C@@H]1O)C2(C)C. The van der Waals surface area contributed by atoms with Crippen molar-refractivity contribution < 1.29 is 5.11 Å². The molecule has 0 heterocycles. The fourth-order valence-corrected chi connectivity index (χ4v) is 8.90. The number of unbranched alkanes of at least 4 members (excludes halogenated alkanes) is 3. The van der Waals surface area contributed by atoms with Gasteiger partial charge in [0.15, 0.2) is 0 Å². The van der Waals surface area contributed by atoms with E-state index in [0.717, 1.165) is 12.3 Å². The summed E-state index contributed by atoms with van der Waals surface area (Å²) in [6.45, 7) is 7.15. The van der Waals surface area contributed by atoms with E-state index in [0.29, 0.717) is 10.8 Å². The Balaban J connectivity index is 1.80. The van der Waals surface area contributed by atoms with Crippen molar-refractivity contribution in [1.29, 1.82) is 0 Å². The summed E-state index contributed by atoms with van der Waals surface area (Å²) in [5.41, 5.74) is 0.741. The van der Waals surface area contributed by atoms with Crippen LogP contribution < -0.4 is 0 Å². The first-order valence-corrected chi connectivity index (χ1v) is 11.1. The fourth-order valence-electron chi connectivity index (χ4n) is 4.26. The zero-order valence-electron chi connectivity index (χ0n) is 12.4. The van der Waals surface area contributed by atoms with Gasteiger partial charge in [-0.25, -0.2) is 0 Å². The predicted octanol–water partition coefficient (Wildman–Crippen LogP) is 4.29. The van der Waals surface area contributed by atoms with Crippen LogP contribution in [0.2, 0.25) is 8.94 Å². The van der Waals surface area contributed by atoms with E-state index < -0.39 is 0 Å². The monoisotopic (exact) mass is 368 g/mol. The molecule has 0 aliphatic heterocycles. The van der Waals surface area contributed by atoms with Gasteiger partial charge in [-0.05, 0) is 0 Å². The van der Waals surface area contributed by atoms with Gasteiger partial charge in [0, 0.05) is 0 Å². The van der Waals surface area contributed by atoms with Crippen LogP contribution in [0.4, 0.5) is 0 Å². The summed E-state index contributed by atoms with van der Waals surface area (Å²) in [4.78, 5) is 0. The van der Waals surface area contributed by atoms with Crippen LogP contribution in [0.25, 0.3) is 0 Å². The molecule has 0 aromatic rings. The summed E-state index contributed by atoms with van der Waals surface area (Å²) < 4.78 is 2.90. The molecule has 2 aliphatic carbocycles. The third kappa shape index (κ3) is 2.50. The molecule has 106 valence electrons. The fraction of sp³-hybridized carbons (Fsp3) is 1.00. The number of hydrogen-bond acceptors (Lipinski definition) is 1. The van der Waals surface area contributed by atoms with Crippen LogP contribution in [-0.4, -0.2) is 32.1 Å². The normalized spacial score (nSPS) is 37.3. The van der Waals surface area contributed by atoms with E-state index in [2.05, 4.69) is 20.8 Å². The molecule has 2 heteroatoms. The van der Waals surface area contributed by atoms with E-state index in [4.69, 9.17) is 0 Å². The van der Waals surface area contributed by atoms with Gasteiger partial charge in [-0.3, -0.25) is 0 Å². The Morgan fingerprint density at radius 3 is 2.56 bits per heavy atom. The van der Waals surface area contributed by atoms with Crippen LogP contribution in [0.3, 0.4) is 0 Å². The molecule has 0 spiro atoms. The number of fused-ring (bicyclic) bond motifs is 2. The van der Waals surface area contributed by atoms with Crippen LogP contribution in [0.5, 0.6) is 0 Å². The maximum atomic E-state index is 10.5. The van der Waals surface area contributed by atoms with Gasteiger partial charge in [-0.2, -0.15) is 0 Å². The van der Waals surface area contributed by atoms with Crippen molar-refractivity contribution >= 4 is 20.9 Å². The number of hydrogen-bond donors (Lipinski definition) is 1. The van der Waals surface area contributed by atoms with Crippen LogP contribution in [-0.2, 0) is 0 Å². The Morgan fingerprint density at radius 2 is 2.00 bits per heavy atom. The molecular weight excluding hydrogens is 336 g/mol. The van der Waals surface area contributed by atoms with Crippen LogP contribution >= 0.6 is 0 Å². The standard InChI is InChI=1S/C16H30OTe/c1-4-5-6-7-10-18-12-16-9-8-13(11-14(16)17)15(16,2)3/h13-14,17H,4-12H2,1-3H3/t13-,14+,16-/m1/s1. The van der Waals surface area contributed by atoms with Gasteiger partial charge in [-0.1, -0.05) is 0 Å². The summed E-state index contributed by atoms with van der Waals surface area (Å²) in [7, 11) is 0. The van der Waals surface area contributed by atoms with Gasteiger partial charge >= 0.3 is 124 Å². The Morgan fingerprint density at radius 1 is 1.22 bits per heavy atom. The van der Waals surface area contributed by atoms with Gasteiger partial charge in [0.25, 0.3) is 0 Å². The molecule has 0 saturated heterocycles. The second kappa shape index (κ2) is 6.02. The van der Waals surface area contributed by atoms with E-state index in [1.807, 2.05) is 0 Å². The average molecular weight is 366 g/mol. The zero-order chi connectivity index (χ0) is 13.2. The van der Waals surface area contributed by atoms with Gasteiger partial charge in [0.05, 0.1) is 0 Å². The first kappa shape index (κ1) is 15.1. The Hall–Kier alpha value is 0.750. The second-order valence-electron chi connectivity index (χ2n) is 6.98. The van der Waals surface area contributed by atoms with Crippen molar-refractivity contribution in [3.8, 4) is 0 Å². The molecule has 0 radical (unpaired) electrons. The molecule has 0 amide bonds. The van der Waals surface area contributed by atoms with E-state index in [1.54, 1.807) is 0 Å². The van der Waals surface area contributed by atoms with E-state index in [9.17, 15) is 5.11 Å². The molecule has 1 nitrogen and oxygen atoms in total. The third-order valence-corrected chi connectivity index (χ3v) is 9.59. The zero-order valence-corrected chi connectivity index (χ0v) is 14.7. The minimum absolute atomic E-state index is 0.0204. The number of aliphatic hydroxyl groups excluding tert-OH is 1. The summed E-state index contributed by atoms with van der Waals surface area (Å²) >= 11 is 0.134. The Bertz CT molecular complexity index is 276. The van der Waals surface area contributed by atoms with Gasteiger partial charge in [0.1, 0.15) is 0 Å². The first-order chi connectivity index (χ1) is 8.54. The molecule has 1 N–H and O–H groups in total. The average Bonchev–Trinajstić information content (AvgIpc) is 2.67. The molecular formula is C16H30OTe. The molecule has 2 bridgehead atoms. The number of aliphatic hydroxyl groups is 1. The number of rotatable bonds is 7. The molecule has 18 heavy (non-hydrogen) atoms. The molecule has 2 fully saturated rings. The van der Waals surface area contributed by atoms with E-state index in [-0.39, 0.29) is 27.0 Å². The molecule has 2 rings (SSSR count). The van der Waals surface area contributed by atoms with E-state index in [1.165, 1.54) is 47.5 Å². The molecule has 0 aromatic carbocycles. The summed E-state index contributed by atoms with van der Waals surface area (Å²) in [6.07, 6.45) is 9.45. The molecule has 2 aliphatic rings. The summed E-state index contributed by atoms with van der Waals surface area (Å²) in [6, 6.07) is 0. The topological polar surface area (TPSA) is 20.2 Å². The Kier molecular flexibility index (Phi) is 5.07. The van der Waals surface area contributed by atoms with Crippen LogP contribution in [0.15, 0.2) is 0 Å². The van der Waals surface area contributed by atoms with Crippen molar-refractivity contribution in [2.75, 3.05) is 0 Å². The van der Waals surface area contributed by atoms with Crippen molar-refractivity contribution in [1.82, 2.24) is 0 Å². The van der Waals surface area contributed by atoms with Gasteiger partial charge in [0.2, 0.25) is 0 Å². The maximum absolute atomic E-state index is 10.5. The van der Waals surface area contributed by atoms with Crippen molar-refractivity contribution in [2.45, 2.75) is 80.8 Å². The summed E-state index contributed by atoms with van der Waals surface area (Å²) in [5.74, 6) is 0.806. The second-order valence-corrected chi connectivity index (χ2v) is 10.1. The summed E-state index contributed by atoms with van der Waals surface area (Å²) in [5, 5.41) is 10.5. The first-order valence-electron chi connectivity index (χ1n) is 7.80. The van der Waals surface area contributed by atoms with Gasteiger partial charge in [-0.15, -0.1) is 0 Å². The Labute approximate surface area is 123 Å². The molecule has 3 atom stereocenters. The molecule has 2 saturated carbocycles. The minimum atomic E-state index is 0.0204. The van der Waals surface area contributed by atoms with Crippen LogP contribution in [0, 0.1) is 16.7 Å². The molecule has 0 aromatic heterocycles. The quantitative estimate of drug-likeness (QED) is 0.527. The molecule has 0 unspecified atom stereocenters. The predicted molar refractivity (Wildman–Crippen MR) is 79.1 cm³/mol. The van der Waals surface area contributed by atoms with Crippen molar-refractivity contribution in [3.05, 3.63) is 0 Å². The van der Waals surface area contributed by atoms with Gasteiger partial charge < -0.3 is 0 Å². The van der Waals surface area contributed by atoms with Crippen molar-refractivity contribution in [3.63, 3.8) is 0 Å². The van der Waals surface area contributed by atoms with Crippen molar-refractivity contribution in [2.24, 2.45) is 16.7 Å². The van der Waals surface area contributed by atoms with E-state index >= 15 is 0 Å². The third-order valence-electron chi connectivity index (χ3n) is 5.89. The van der Waals surface area contributed by atoms with Crippen LogP contribution in [0.1, 0.15) is 65.7 Å².